The lowest BCUT2D eigenvalue weighted by Crippen LogP contribution is -2.07. The van der Waals surface area contributed by atoms with Crippen molar-refractivity contribution in [2.75, 3.05) is 11.9 Å². The minimum Gasteiger partial charge on any atom is -0.490 e. The topological polar surface area (TPSA) is 67.8 Å². The first-order valence-corrected chi connectivity index (χ1v) is 10.1. The Morgan fingerprint density at radius 1 is 1.03 bits per heavy atom. The molecule has 3 aromatic rings. The van der Waals surface area contributed by atoms with Crippen LogP contribution in [0.2, 0.25) is 10.0 Å². The van der Waals surface area contributed by atoms with Crippen LogP contribution < -0.4 is 14.8 Å². The number of anilines is 1. The van der Waals surface area contributed by atoms with Crippen molar-refractivity contribution in [3.8, 4) is 11.5 Å². The van der Waals surface area contributed by atoms with Crippen LogP contribution in [0.15, 0.2) is 60.7 Å². The number of carboxylic acid groups (broad SMARTS) is 1. The van der Waals surface area contributed by atoms with Gasteiger partial charge in [0.15, 0.2) is 11.5 Å². The summed E-state index contributed by atoms with van der Waals surface area (Å²) in [6, 6.07) is 17.9. The molecule has 7 heteroatoms. The molecule has 3 rings (SSSR count). The zero-order chi connectivity index (χ0) is 21.5. The lowest BCUT2D eigenvalue weighted by Gasteiger charge is -2.17. The average molecular weight is 446 g/mol. The van der Waals surface area contributed by atoms with Crippen molar-refractivity contribution in [2.45, 2.75) is 20.1 Å². The van der Waals surface area contributed by atoms with E-state index in [1.54, 1.807) is 12.1 Å². The lowest BCUT2D eigenvalue weighted by molar-refractivity contribution is 0.0697. The highest BCUT2D eigenvalue weighted by molar-refractivity contribution is 6.33. The molecule has 0 aliphatic carbocycles. The van der Waals surface area contributed by atoms with Gasteiger partial charge in [0.1, 0.15) is 6.61 Å². The van der Waals surface area contributed by atoms with E-state index in [1.807, 2.05) is 49.4 Å². The average Bonchev–Trinajstić information content (AvgIpc) is 2.73. The molecule has 0 amide bonds. The Morgan fingerprint density at radius 2 is 1.80 bits per heavy atom. The molecule has 0 aromatic heterocycles. The molecule has 0 bridgehead atoms. The van der Waals surface area contributed by atoms with Gasteiger partial charge in [-0.15, -0.1) is 0 Å². The molecule has 0 aliphatic rings. The Kier molecular flexibility index (Phi) is 7.44. The van der Waals surface area contributed by atoms with Crippen LogP contribution in [-0.4, -0.2) is 17.7 Å². The van der Waals surface area contributed by atoms with Crippen molar-refractivity contribution in [2.24, 2.45) is 0 Å². The third-order valence-electron chi connectivity index (χ3n) is 4.34. The molecule has 0 fully saturated rings. The summed E-state index contributed by atoms with van der Waals surface area (Å²) in [6.45, 7) is 3.19. The summed E-state index contributed by atoms with van der Waals surface area (Å²) in [6.07, 6.45) is 0. The molecule has 2 N–H and O–H groups in total. The summed E-state index contributed by atoms with van der Waals surface area (Å²) in [5.74, 6) is 0.205. The van der Waals surface area contributed by atoms with E-state index in [2.05, 4.69) is 5.32 Å². The van der Waals surface area contributed by atoms with E-state index in [0.717, 1.165) is 11.1 Å². The van der Waals surface area contributed by atoms with Crippen LogP contribution in [0.25, 0.3) is 0 Å². The number of carboxylic acids is 1. The maximum Gasteiger partial charge on any atom is 0.337 e. The zero-order valence-electron chi connectivity index (χ0n) is 16.3. The molecule has 0 atom stereocenters. The Labute approximate surface area is 185 Å². The SMILES string of the molecule is CCOc1cccc(CNc2ccc(Cl)c(C(=O)O)c2)c1OCc1ccc(Cl)cc1. The van der Waals surface area contributed by atoms with Crippen molar-refractivity contribution in [1.82, 2.24) is 0 Å². The van der Waals surface area contributed by atoms with E-state index < -0.39 is 5.97 Å². The minimum atomic E-state index is -1.08. The highest BCUT2D eigenvalue weighted by Gasteiger charge is 2.13. The Morgan fingerprint density at radius 3 is 2.50 bits per heavy atom. The molecule has 3 aromatic carbocycles. The number of hydrogen-bond donors (Lipinski definition) is 2. The van der Waals surface area contributed by atoms with Gasteiger partial charge in [-0.1, -0.05) is 47.5 Å². The van der Waals surface area contributed by atoms with Crippen LogP contribution in [0.1, 0.15) is 28.4 Å². The van der Waals surface area contributed by atoms with Gasteiger partial charge in [-0.05, 0) is 48.9 Å². The van der Waals surface area contributed by atoms with Gasteiger partial charge in [0.05, 0.1) is 17.2 Å². The summed E-state index contributed by atoms with van der Waals surface area (Å²) < 4.78 is 11.8. The van der Waals surface area contributed by atoms with Gasteiger partial charge in [-0.3, -0.25) is 0 Å². The van der Waals surface area contributed by atoms with Crippen molar-refractivity contribution in [1.29, 1.82) is 0 Å². The third kappa shape index (κ3) is 5.59. The number of nitrogens with one attached hydrogen (secondary N) is 1. The van der Waals surface area contributed by atoms with Crippen molar-refractivity contribution in [3.05, 3.63) is 87.4 Å². The second-order valence-electron chi connectivity index (χ2n) is 6.45. The van der Waals surface area contributed by atoms with Crippen LogP contribution in [0.3, 0.4) is 0 Å². The summed E-state index contributed by atoms with van der Waals surface area (Å²) in [7, 11) is 0. The molecule has 0 heterocycles. The Balaban J connectivity index is 1.80. The van der Waals surface area contributed by atoms with Gasteiger partial charge in [-0.25, -0.2) is 4.79 Å². The number of hydrogen-bond acceptors (Lipinski definition) is 4. The first-order valence-electron chi connectivity index (χ1n) is 9.36. The standard InChI is InChI=1S/C23H21Cl2NO4/c1-2-29-21-5-3-4-16(22(21)30-14-15-6-8-17(24)9-7-15)13-26-18-10-11-20(25)19(12-18)23(27)28/h3-12,26H,2,13-14H2,1H3,(H,27,28). The number of ether oxygens (including phenoxy) is 2. The maximum atomic E-state index is 11.3. The molecule has 0 saturated carbocycles. The molecule has 0 spiro atoms. The summed E-state index contributed by atoms with van der Waals surface area (Å²) in [5, 5.41) is 13.3. The molecule has 0 saturated heterocycles. The van der Waals surface area contributed by atoms with E-state index >= 15 is 0 Å². The monoisotopic (exact) mass is 445 g/mol. The van der Waals surface area contributed by atoms with Gasteiger partial charge in [0, 0.05) is 22.8 Å². The fourth-order valence-corrected chi connectivity index (χ4v) is 3.19. The minimum absolute atomic E-state index is 0.0453. The Bertz CT molecular complexity index is 1020. The van der Waals surface area contributed by atoms with Gasteiger partial charge < -0.3 is 19.9 Å². The van der Waals surface area contributed by atoms with Gasteiger partial charge >= 0.3 is 5.97 Å². The number of benzene rings is 3. The summed E-state index contributed by atoms with van der Waals surface area (Å²) in [5.41, 5.74) is 2.54. The highest BCUT2D eigenvalue weighted by Crippen LogP contribution is 2.33. The van der Waals surface area contributed by atoms with Crippen LogP contribution in [0, 0.1) is 0 Å². The molecule has 0 unspecified atom stereocenters. The largest absolute Gasteiger partial charge is 0.490 e. The molecule has 0 radical (unpaired) electrons. The molecule has 30 heavy (non-hydrogen) atoms. The number of halogens is 2. The predicted molar refractivity (Wildman–Crippen MR) is 119 cm³/mol. The van der Waals surface area contributed by atoms with Gasteiger partial charge in [0.2, 0.25) is 0 Å². The van der Waals surface area contributed by atoms with E-state index in [9.17, 15) is 9.90 Å². The number of rotatable bonds is 9. The normalized spacial score (nSPS) is 10.5. The van der Waals surface area contributed by atoms with E-state index in [0.29, 0.717) is 42.0 Å². The first-order chi connectivity index (χ1) is 14.5. The van der Waals surface area contributed by atoms with Crippen molar-refractivity contribution in [3.63, 3.8) is 0 Å². The quantitative estimate of drug-likeness (QED) is 0.405. The zero-order valence-corrected chi connectivity index (χ0v) is 17.8. The van der Waals surface area contributed by atoms with Crippen LogP contribution >= 0.6 is 23.2 Å². The summed E-state index contributed by atoms with van der Waals surface area (Å²) >= 11 is 11.9. The summed E-state index contributed by atoms with van der Waals surface area (Å²) in [4.78, 5) is 11.3. The fraction of sp³-hybridized carbons (Fsp3) is 0.174. The number of para-hydroxylation sites is 1. The molecular formula is C23H21Cl2NO4. The first kappa shape index (κ1) is 21.8. The lowest BCUT2D eigenvalue weighted by atomic mass is 10.1. The number of carbonyl (C=O) groups is 1. The van der Waals surface area contributed by atoms with Gasteiger partial charge in [-0.2, -0.15) is 0 Å². The van der Waals surface area contributed by atoms with E-state index in [-0.39, 0.29) is 10.6 Å². The molecular weight excluding hydrogens is 425 g/mol. The van der Waals surface area contributed by atoms with Crippen LogP contribution in [0.5, 0.6) is 11.5 Å². The van der Waals surface area contributed by atoms with Crippen molar-refractivity contribution >= 4 is 34.9 Å². The molecule has 0 aliphatic heterocycles. The molecule has 5 nitrogen and oxygen atoms in total. The fourth-order valence-electron chi connectivity index (χ4n) is 2.87. The highest BCUT2D eigenvalue weighted by atomic mass is 35.5. The second kappa shape index (κ2) is 10.2. The molecule has 156 valence electrons. The van der Waals surface area contributed by atoms with Crippen molar-refractivity contribution < 1.29 is 19.4 Å². The predicted octanol–water partition coefficient (Wildman–Crippen LogP) is 6.28. The third-order valence-corrected chi connectivity index (χ3v) is 4.92. The van der Waals surface area contributed by atoms with E-state index in [4.69, 9.17) is 32.7 Å². The van der Waals surface area contributed by atoms with Crippen LogP contribution in [-0.2, 0) is 13.2 Å². The second-order valence-corrected chi connectivity index (χ2v) is 7.29. The number of aromatic carboxylic acids is 1. The van der Waals surface area contributed by atoms with Gasteiger partial charge in [0.25, 0.3) is 0 Å². The maximum absolute atomic E-state index is 11.3. The Hall–Kier alpha value is -2.89. The van der Waals surface area contributed by atoms with Crippen LogP contribution in [0.4, 0.5) is 5.69 Å². The van der Waals surface area contributed by atoms with E-state index in [1.165, 1.54) is 6.07 Å². The smallest absolute Gasteiger partial charge is 0.337 e.